The zero-order valence-electron chi connectivity index (χ0n) is 12.8. The van der Waals surface area contributed by atoms with Crippen LogP contribution in [0.2, 0.25) is 10.0 Å². The van der Waals surface area contributed by atoms with Gasteiger partial charge in [0.15, 0.2) is 0 Å². The van der Waals surface area contributed by atoms with Crippen molar-refractivity contribution < 1.29 is 14.4 Å². The second-order valence-electron chi connectivity index (χ2n) is 5.18. The molecule has 24 heavy (non-hydrogen) atoms. The van der Waals surface area contributed by atoms with Crippen molar-refractivity contribution >= 4 is 40.5 Å². The maximum atomic E-state index is 12.3. The van der Waals surface area contributed by atoms with Gasteiger partial charge in [-0.1, -0.05) is 28.4 Å². The Kier molecular flexibility index (Phi) is 4.92. The lowest BCUT2D eigenvalue weighted by Gasteiger charge is -2.10. The van der Waals surface area contributed by atoms with Crippen LogP contribution < -0.4 is 10.1 Å². The summed E-state index contributed by atoms with van der Waals surface area (Å²) < 4.78 is 5.12. The molecule has 0 aliphatic carbocycles. The van der Waals surface area contributed by atoms with Crippen LogP contribution in [0.15, 0.2) is 47.6 Å². The number of halogens is 2. The minimum atomic E-state index is -0.684. The zero-order chi connectivity index (χ0) is 17.1. The van der Waals surface area contributed by atoms with E-state index in [2.05, 4.69) is 10.5 Å². The molecule has 3 rings (SSSR count). The number of nitrogens with one attached hydrogen (secondary N) is 1. The fourth-order valence-corrected chi connectivity index (χ4v) is 2.57. The summed E-state index contributed by atoms with van der Waals surface area (Å²) in [5, 5.41) is 7.55. The molecule has 1 aliphatic rings. The van der Waals surface area contributed by atoms with E-state index in [4.69, 9.17) is 32.8 Å². The Morgan fingerprint density at radius 3 is 2.62 bits per heavy atom. The van der Waals surface area contributed by atoms with Gasteiger partial charge >= 0.3 is 0 Å². The summed E-state index contributed by atoms with van der Waals surface area (Å²) in [6.07, 6.45) is -0.295. The van der Waals surface area contributed by atoms with E-state index in [-0.39, 0.29) is 5.91 Å². The van der Waals surface area contributed by atoms with Crippen LogP contribution in [-0.4, -0.2) is 24.8 Å². The van der Waals surface area contributed by atoms with Crippen molar-refractivity contribution in [3.63, 3.8) is 0 Å². The van der Waals surface area contributed by atoms with Gasteiger partial charge in [0.25, 0.3) is 5.91 Å². The van der Waals surface area contributed by atoms with Crippen molar-refractivity contribution in [2.24, 2.45) is 5.16 Å². The molecule has 1 N–H and O–H groups in total. The second kappa shape index (κ2) is 7.11. The van der Waals surface area contributed by atoms with Crippen LogP contribution in [0, 0.1) is 0 Å². The molecule has 1 heterocycles. The molecule has 0 radical (unpaired) electrons. The van der Waals surface area contributed by atoms with Gasteiger partial charge in [-0.2, -0.15) is 0 Å². The quantitative estimate of drug-likeness (QED) is 0.886. The van der Waals surface area contributed by atoms with Crippen LogP contribution in [0.25, 0.3) is 0 Å². The third-order valence-corrected chi connectivity index (χ3v) is 4.31. The molecule has 0 saturated carbocycles. The number of amides is 1. The SMILES string of the molecule is COc1ccc(C2=NOC(C(=O)Nc3ccc(Cl)c(Cl)c3)C2)cc1. The van der Waals surface area contributed by atoms with Gasteiger partial charge < -0.3 is 14.9 Å². The standard InChI is InChI=1S/C17H14Cl2N2O3/c1-23-12-5-2-10(3-6-12)15-9-16(24-21-15)17(22)20-11-4-7-13(18)14(19)8-11/h2-8,16H,9H2,1H3,(H,20,22). The van der Waals surface area contributed by atoms with E-state index >= 15 is 0 Å². The minimum Gasteiger partial charge on any atom is -0.497 e. The zero-order valence-corrected chi connectivity index (χ0v) is 14.3. The maximum absolute atomic E-state index is 12.3. The number of methoxy groups -OCH3 is 1. The van der Waals surface area contributed by atoms with E-state index in [1.165, 1.54) is 0 Å². The number of ether oxygens (including phenoxy) is 1. The summed E-state index contributed by atoms with van der Waals surface area (Å²) in [6, 6.07) is 12.3. The third-order valence-electron chi connectivity index (χ3n) is 3.57. The number of hydrogen-bond donors (Lipinski definition) is 1. The number of benzene rings is 2. The molecule has 7 heteroatoms. The Morgan fingerprint density at radius 1 is 1.21 bits per heavy atom. The predicted molar refractivity (Wildman–Crippen MR) is 94.1 cm³/mol. The molecule has 5 nitrogen and oxygen atoms in total. The van der Waals surface area contributed by atoms with Crippen molar-refractivity contribution in [3.8, 4) is 5.75 Å². The highest BCUT2D eigenvalue weighted by Gasteiger charge is 2.29. The van der Waals surface area contributed by atoms with Crippen LogP contribution in [0.4, 0.5) is 5.69 Å². The Bertz CT molecular complexity index is 791. The van der Waals surface area contributed by atoms with Crippen molar-refractivity contribution in [1.82, 2.24) is 0 Å². The largest absolute Gasteiger partial charge is 0.497 e. The van der Waals surface area contributed by atoms with Crippen LogP contribution in [0.1, 0.15) is 12.0 Å². The van der Waals surface area contributed by atoms with Gasteiger partial charge in [0.05, 0.1) is 22.9 Å². The predicted octanol–water partition coefficient (Wildman–Crippen LogP) is 4.13. The van der Waals surface area contributed by atoms with Crippen molar-refractivity contribution in [2.75, 3.05) is 12.4 Å². The third kappa shape index (κ3) is 3.63. The number of carbonyl (C=O) groups excluding carboxylic acids is 1. The molecule has 2 aromatic carbocycles. The summed E-state index contributed by atoms with van der Waals surface area (Å²) >= 11 is 11.8. The smallest absolute Gasteiger partial charge is 0.268 e. The van der Waals surface area contributed by atoms with E-state index in [9.17, 15) is 4.79 Å². The van der Waals surface area contributed by atoms with Gasteiger partial charge in [-0.25, -0.2) is 0 Å². The molecular weight excluding hydrogens is 351 g/mol. The fraction of sp³-hybridized carbons (Fsp3) is 0.176. The van der Waals surface area contributed by atoms with E-state index in [1.54, 1.807) is 25.3 Å². The molecule has 1 unspecified atom stereocenters. The van der Waals surface area contributed by atoms with Crippen molar-refractivity contribution in [3.05, 3.63) is 58.1 Å². The molecule has 0 saturated heterocycles. The first-order valence-corrected chi connectivity index (χ1v) is 7.95. The average molecular weight is 365 g/mol. The maximum Gasteiger partial charge on any atom is 0.268 e. The summed E-state index contributed by atoms with van der Waals surface area (Å²) in [6.45, 7) is 0. The number of carbonyl (C=O) groups is 1. The molecule has 1 atom stereocenters. The van der Waals surface area contributed by atoms with Crippen LogP contribution in [-0.2, 0) is 9.63 Å². The molecule has 0 bridgehead atoms. The average Bonchev–Trinajstić information content (AvgIpc) is 3.08. The van der Waals surface area contributed by atoms with Gasteiger partial charge in [0.1, 0.15) is 5.75 Å². The minimum absolute atomic E-state index is 0.291. The van der Waals surface area contributed by atoms with Gasteiger partial charge in [-0.15, -0.1) is 0 Å². The summed E-state index contributed by atoms with van der Waals surface area (Å²) in [5.74, 6) is 0.466. The molecule has 124 valence electrons. The van der Waals surface area contributed by atoms with Gasteiger partial charge in [-0.3, -0.25) is 4.79 Å². The van der Waals surface area contributed by atoms with E-state index in [0.29, 0.717) is 27.9 Å². The Hall–Kier alpha value is -2.24. The van der Waals surface area contributed by atoms with Crippen LogP contribution in [0.5, 0.6) is 5.75 Å². The lowest BCUT2D eigenvalue weighted by molar-refractivity contribution is -0.125. The van der Waals surface area contributed by atoms with Gasteiger partial charge in [0.2, 0.25) is 6.10 Å². The van der Waals surface area contributed by atoms with Gasteiger partial charge in [0, 0.05) is 12.1 Å². The molecular formula is C17H14Cl2N2O3. The van der Waals surface area contributed by atoms with Gasteiger partial charge in [-0.05, 0) is 48.0 Å². The van der Waals surface area contributed by atoms with Crippen molar-refractivity contribution in [2.45, 2.75) is 12.5 Å². The van der Waals surface area contributed by atoms with Crippen LogP contribution >= 0.6 is 23.2 Å². The lowest BCUT2D eigenvalue weighted by Crippen LogP contribution is -2.28. The molecule has 1 amide bonds. The monoisotopic (exact) mass is 364 g/mol. The summed E-state index contributed by atoms with van der Waals surface area (Å²) in [7, 11) is 1.61. The Balaban J connectivity index is 1.63. The Morgan fingerprint density at radius 2 is 1.96 bits per heavy atom. The molecule has 1 aliphatic heterocycles. The molecule has 0 spiro atoms. The number of hydrogen-bond acceptors (Lipinski definition) is 4. The first-order valence-electron chi connectivity index (χ1n) is 7.20. The Labute approximate surface area is 149 Å². The molecule has 0 aromatic heterocycles. The van der Waals surface area contributed by atoms with E-state index in [0.717, 1.165) is 11.3 Å². The highest BCUT2D eigenvalue weighted by atomic mass is 35.5. The number of nitrogens with zero attached hydrogens (tertiary/aromatic N) is 1. The second-order valence-corrected chi connectivity index (χ2v) is 6.00. The fourth-order valence-electron chi connectivity index (χ4n) is 2.27. The first-order chi connectivity index (χ1) is 11.6. The molecule has 2 aromatic rings. The lowest BCUT2D eigenvalue weighted by atomic mass is 10.0. The van der Waals surface area contributed by atoms with Crippen LogP contribution in [0.3, 0.4) is 0 Å². The van der Waals surface area contributed by atoms with E-state index < -0.39 is 6.10 Å². The summed E-state index contributed by atoms with van der Waals surface area (Å²) in [4.78, 5) is 17.5. The highest BCUT2D eigenvalue weighted by molar-refractivity contribution is 6.42. The number of oxime groups is 1. The number of rotatable bonds is 4. The van der Waals surface area contributed by atoms with Crippen molar-refractivity contribution in [1.29, 1.82) is 0 Å². The summed E-state index contributed by atoms with van der Waals surface area (Å²) in [5.41, 5.74) is 2.16. The first kappa shape index (κ1) is 16.6. The topological polar surface area (TPSA) is 59.9 Å². The molecule has 0 fully saturated rings. The normalized spacial score (nSPS) is 16.3. The number of anilines is 1. The highest BCUT2D eigenvalue weighted by Crippen LogP contribution is 2.26. The van der Waals surface area contributed by atoms with E-state index in [1.807, 2.05) is 24.3 Å².